The molecule has 0 amide bonds. The van der Waals surface area contributed by atoms with Crippen molar-refractivity contribution in [3.8, 4) is 5.75 Å². The summed E-state index contributed by atoms with van der Waals surface area (Å²) in [5.74, 6) is -0.918. The maximum absolute atomic E-state index is 13.1. The highest BCUT2D eigenvalue weighted by molar-refractivity contribution is 5.40. The minimum atomic E-state index is -0.855. The zero-order valence-electron chi connectivity index (χ0n) is 11.5. The average Bonchev–Trinajstić information content (AvgIpc) is 2.42. The van der Waals surface area contributed by atoms with E-state index >= 15 is 0 Å². The minimum Gasteiger partial charge on any atom is -0.488 e. The fourth-order valence-electron chi connectivity index (χ4n) is 2.03. The zero-order chi connectivity index (χ0) is 14.5. The van der Waals surface area contributed by atoms with Crippen molar-refractivity contribution in [3.63, 3.8) is 0 Å². The molecule has 20 heavy (non-hydrogen) atoms. The van der Waals surface area contributed by atoms with Crippen molar-refractivity contribution < 1.29 is 13.5 Å². The summed E-state index contributed by atoms with van der Waals surface area (Å²) >= 11 is 0. The van der Waals surface area contributed by atoms with Gasteiger partial charge in [0.05, 0.1) is 0 Å². The molecule has 0 aliphatic heterocycles. The van der Waals surface area contributed by atoms with Gasteiger partial charge in [-0.1, -0.05) is 24.3 Å². The van der Waals surface area contributed by atoms with Gasteiger partial charge in [-0.05, 0) is 37.2 Å². The quantitative estimate of drug-likeness (QED) is 0.902. The number of hydrogen-bond acceptors (Lipinski definition) is 2. The second-order valence-corrected chi connectivity index (χ2v) is 4.63. The third-order valence-corrected chi connectivity index (χ3v) is 3.03. The van der Waals surface area contributed by atoms with Crippen LogP contribution in [0.3, 0.4) is 0 Å². The van der Waals surface area contributed by atoms with Crippen LogP contribution in [0.1, 0.15) is 16.7 Å². The Labute approximate surface area is 117 Å². The molecule has 0 fully saturated rings. The largest absolute Gasteiger partial charge is 0.488 e. The van der Waals surface area contributed by atoms with Gasteiger partial charge in [-0.3, -0.25) is 0 Å². The van der Waals surface area contributed by atoms with E-state index in [1.165, 1.54) is 6.07 Å². The van der Waals surface area contributed by atoms with Gasteiger partial charge in [-0.15, -0.1) is 0 Å². The van der Waals surface area contributed by atoms with Crippen LogP contribution >= 0.6 is 0 Å². The Morgan fingerprint density at radius 1 is 1.10 bits per heavy atom. The Morgan fingerprint density at radius 3 is 2.60 bits per heavy atom. The summed E-state index contributed by atoms with van der Waals surface area (Å²) in [6.07, 6.45) is 0. The molecule has 1 N–H and O–H groups in total. The fourth-order valence-corrected chi connectivity index (χ4v) is 2.03. The molecule has 0 unspecified atom stereocenters. The zero-order valence-corrected chi connectivity index (χ0v) is 11.5. The minimum absolute atomic E-state index is 0.207. The molecule has 0 atom stereocenters. The molecule has 0 bridgehead atoms. The highest BCUT2D eigenvalue weighted by Crippen LogP contribution is 2.24. The first-order valence-corrected chi connectivity index (χ1v) is 6.41. The summed E-state index contributed by atoms with van der Waals surface area (Å²) in [6, 6.07) is 9.69. The Kier molecular flexibility index (Phi) is 4.69. The number of benzene rings is 2. The summed E-state index contributed by atoms with van der Waals surface area (Å²) in [5.41, 5.74) is 2.65. The molecule has 2 aromatic carbocycles. The van der Waals surface area contributed by atoms with E-state index < -0.39 is 11.6 Å². The van der Waals surface area contributed by atoms with Crippen LogP contribution in [0.25, 0.3) is 0 Å². The van der Waals surface area contributed by atoms with E-state index in [1.807, 2.05) is 32.2 Å². The number of para-hydroxylation sites is 1. The van der Waals surface area contributed by atoms with E-state index in [-0.39, 0.29) is 6.61 Å². The molecule has 106 valence electrons. The molecule has 0 aromatic heterocycles. The molecule has 2 nitrogen and oxygen atoms in total. The summed E-state index contributed by atoms with van der Waals surface area (Å²) in [7, 11) is 1.86. The summed E-state index contributed by atoms with van der Waals surface area (Å²) in [4.78, 5) is 0. The van der Waals surface area contributed by atoms with Crippen molar-refractivity contribution in [2.45, 2.75) is 20.1 Å². The van der Waals surface area contributed by atoms with Crippen LogP contribution in [0, 0.1) is 18.6 Å². The predicted octanol–water partition coefficient (Wildman–Crippen LogP) is 3.57. The van der Waals surface area contributed by atoms with E-state index in [1.54, 1.807) is 0 Å². The third-order valence-electron chi connectivity index (χ3n) is 3.03. The molecule has 2 rings (SSSR count). The molecule has 4 heteroatoms. The van der Waals surface area contributed by atoms with Crippen molar-refractivity contribution >= 4 is 0 Å². The van der Waals surface area contributed by atoms with E-state index in [2.05, 4.69) is 5.32 Å². The number of rotatable bonds is 5. The van der Waals surface area contributed by atoms with E-state index in [4.69, 9.17) is 4.74 Å². The van der Waals surface area contributed by atoms with Gasteiger partial charge < -0.3 is 10.1 Å². The summed E-state index contributed by atoms with van der Waals surface area (Å²) in [6.45, 7) is 2.85. The first-order valence-electron chi connectivity index (χ1n) is 6.41. The fraction of sp³-hybridized carbons (Fsp3) is 0.250. The van der Waals surface area contributed by atoms with Crippen molar-refractivity contribution in [3.05, 3.63) is 64.7 Å². The average molecular weight is 277 g/mol. The lowest BCUT2D eigenvalue weighted by atomic mass is 10.1. The van der Waals surface area contributed by atoms with Crippen molar-refractivity contribution in [2.75, 3.05) is 7.05 Å². The van der Waals surface area contributed by atoms with Crippen LogP contribution < -0.4 is 10.1 Å². The SMILES string of the molecule is CNCc1cccc(C)c1OCc1ccc(F)c(F)c1. The van der Waals surface area contributed by atoms with E-state index in [9.17, 15) is 8.78 Å². The summed E-state index contributed by atoms with van der Waals surface area (Å²) < 4.78 is 31.8. The lowest BCUT2D eigenvalue weighted by molar-refractivity contribution is 0.299. The predicted molar refractivity (Wildman–Crippen MR) is 74.6 cm³/mol. The number of aryl methyl sites for hydroxylation is 1. The first kappa shape index (κ1) is 14.5. The molecular weight excluding hydrogens is 260 g/mol. The van der Waals surface area contributed by atoms with Gasteiger partial charge >= 0.3 is 0 Å². The van der Waals surface area contributed by atoms with Crippen LogP contribution in [-0.2, 0) is 13.2 Å². The maximum atomic E-state index is 13.1. The lowest BCUT2D eigenvalue weighted by Crippen LogP contribution is -2.08. The monoisotopic (exact) mass is 277 g/mol. The van der Waals surface area contributed by atoms with Gasteiger partial charge in [0.1, 0.15) is 12.4 Å². The topological polar surface area (TPSA) is 21.3 Å². The van der Waals surface area contributed by atoms with E-state index in [0.29, 0.717) is 12.1 Å². The summed E-state index contributed by atoms with van der Waals surface area (Å²) in [5, 5.41) is 3.08. The van der Waals surface area contributed by atoms with Gasteiger partial charge in [-0.25, -0.2) is 8.78 Å². The smallest absolute Gasteiger partial charge is 0.159 e. The van der Waals surface area contributed by atoms with Gasteiger partial charge in [0.2, 0.25) is 0 Å². The normalized spacial score (nSPS) is 10.6. The van der Waals surface area contributed by atoms with Crippen molar-refractivity contribution in [1.82, 2.24) is 5.32 Å². The Balaban J connectivity index is 2.15. The van der Waals surface area contributed by atoms with E-state index in [0.717, 1.165) is 29.0 Å². The van der Waals surface area contributed by atoms with Gasteiger partial charge in [0.15, 0.2) is 11.6 Å². The molecule has 2 aromatic rings. The van der Waals surface area contributed by atoms with Crippen LogP contribution in [0.15, 0.2) is 36.4 Å². The molecule has 0 saturated carbocycles. The van der Waals surface area contributed by atoms with Crippen LogP contribution in [0.4, 0.5) is 8.78 Å². The lowest BCUT2D eigenvalue weighted by Gasteiger charge is -2.14. The molecule has 0 heterocycles. The van der Waals surface area contributed by atoms with Crippen LogP contribution in [0.2, 0.25) is 0 Å². The molecule has 0 radical (unpaired) electrons. The van der Waals surface area contributed by atoms with Crippen LogP contribution in [0.5, 0.6) is 5.75 Å². The Morgan fingerprint density at radius 2 is 1.90 bits per heavy atom. The van der Waals surface area contributed by atoms with Crippen molar-refractivity contribution in [2.24, 2.45) is 0 Å². The molecule has 0 spiro atoms. The second-order valence-electron chi connectivity index (χ2n) is 4.63. The molecule has 0 saturated heterocycles. The van der Waals surface area contributed by atoms with Crippen LogP contribution in [-0.4, -0.2) is 7.05 Å². The van der Waals surface area contributed by atoms with Gasteiger partial charge in [0.25, 0.3) is 0 Å². The standard InChI is InChI=1S/C16H17F2NO/c1-11-4-3-5-13(9-19-2)16(11)20-10-12-6-7-14(17)15(18)8-12/h3-8,19H,9-10H2,1-2H3. The molecule has 0 aliphatic carbocycles. The highest BCUT2D eigenvalue weighted by atomic mass is 19.2. The number of nitrogens with one attached hydrogen (secondary N) is 1. The highest BCUT2D eigenvalue weighted by Gasteiger charge is 2.08. The maximum Gasteiger partial charge on any atom is 0.159 e. The second kappa shape index (κ2) is 6.48. The van der Waals surface area contributed by atoms with Crippen molar-refractivity contribution in [1.29, 1.82) is 0 Å². The number of ether oxygens (including phenoxy) is 1. The third kappa shape index (κ3) is 3.33. The molecular formula is C16H17F2NO. The van der Waals surface area contributed by atoms with Gasteiger partial charge in [-0.2, -0.15) is 0 Å². The first-order chi connectivity index (χ1) is 9.61. The van der Waals surface area contributed by atoms with Gasteiger partial charge in [0, 0.05) is 12.1 Å². The number of halogens is 2. The molecule has 0 aliphatic rings. The Bertz CT molecular complexity index is 599. The Hall–Kier alpha value is -1.94. The number of hydrogen-bond donors (Lipinski definition) is 1.